The van der Waals surface area contributed by atoms with E-state index in [1.807, 2.05) is 0 Å². The molecule has 0 radical (unpaired) electrons. The number of nitrogens with zero attached hydrogens (tertiary/aromatic N) is 3. The van der Waals surface area contributed by atoms with E-state index in [1.54, 1.807) is 35.0 Å². The summed E-state index contributed by atoms with van der Waals surface area (Å²) in [6.45, 7) is 0.456. The molecule has 17 heavy (non-hydrogen) atoms. The van der Waals surface area contributed by atoms with Crippen LogP contribution in [0.15, 0.2) is 42.6 Å². The fourth-order valence-electron chi connectivity index (χ4n) is 1.62. The molecule has 2 rings (SSSR count). The predicted octanol–water partition coefficient (Wildman–Crippen LogP) is 2.32. The standard InChI is InChI=1S/C12H9N3O2/c13-8-12-5-2-6-14(12)9-10-3-1-4-11(7-10)15(16)17/h1-7H,9H2. The van der Waals surface area contributed by atoms with Crippen LogP contribution in [0.4, 0.5) is 5.69 Å². The van der Waals surface area contributed by atoms with Crippen molar-refractivity contribution in [1.82, 2.24) is 4.57 Å². The number of hydrogen-bond acceptors (Lipinski definition) is 3. The third-order valence-electron chi connectivity index (χ3n) is 2.42. The zero-order chi connectivity index (χ0) is 12.3. The largest absolute Gasteiger partial charge is 0.335 e. The smallest absolute Gasteiger partial charge is 0.269 e. The number of non-ortho nitro benzene ring substituents is 1. The van der Waals surface area contributed by atoms with E-state index in [0.717, 1.165) is 5.56 Å². The Kier molecular flexibility index (Phi) is 2.88. The molecule has 5 nitrogen and oxygen atoms in total. The number of rotatable bonds is 3. The van der Waals surface area contributed by atoms with Crippen LogP contribution >= 0.6 is 0 Å². The van der Waals surface area contributed by atoms with Crippen LogP contribution in [-0.4, -0.2) is 9.49 Å². The molecule has 5 heteroatoms. The van der Waals surface area contributed by atoms with Gasteiger partial charge in [0.25, 0.3) is 5.69 Å². The number of hydrogen-bond donors (Lipinski definition) is 0. The molecule has 0 spiro atoms. The van der Waals surface area contributed by atoms with Crippen molar-refractivity contribution in [2.45, 2.75) is 6.54 Å². The summed E-state index contributed by atoms with van der Waals surface area (Å²) < 4.78 is 1.75. The highest BCUT2D eigenvalue weighted by atomic mass is 16.6. The Labute approximate surface area is 97.7 Å². The molecule has 0 unspecified atom stereocenters. The monoisotopic (exact) mass is 227 g/mol. The summed E-state index contributed by atoms with van der Waals surface area (Å²) in [4.78, 5) is 10.2. The Bertz CT molecular complexity index is 596. The molecule has 0 amide bonds. The lowest BCUT2D eigenvalue weighted by Gasteiger charge is -2.04. The van der Waals surface area contributed by atoms with Crippen LogP contribution in [0.25, 0.3) is 0 Å². The van der Waals surface area contributed by atoms with Crippen LogP contribution in [0, 0.1) is 21.4 Å². The zero-order valence-corrected chi connectivity index (χ0v) is 8.91. The quantitative estimate of drug-likeness (QED) is 0.596. The Morgan fingerprint density at radius 1 is 1.35 bits per heavy atom. The van der Waals surface area contributed by atoms with E-state index in [4.69, 9.17) is 5.26 Å². The second kappa shape index (κ2) is 4.49. The molecule has 1 heterocycles. The third-order valence-corrected chi connectivity index (χ3v) is 2.42. The lowest BCUT2D eigenvalue weighted by atomic mass is 10.2. The topological polar surface area (TPSA) is 71.9 Å². The van der Waals surface area contributed by atoms with Crippen molar-refractivity contribution in [1.29, 1.82) is 5.26 Å². The molecule has 0 bridgehead atoms. The molecule has 0 fully saturated rings. The van der Waals surface area contributed by atoms with Crippen LogP contribution in [0.2, 0.25) is 0 Å². The fraction of sp³-hybridized carbons (Fsp3) is 0.0833. The number of benzene rings is 1. The summed E-state index contributed by atoms with van der Waals surface area (Å²) >= 11 is 0. The molecule has 1 aromatic heterocycles. The summed E-state index contributed by atoms with van der Waals surface area (Å²) in [5.74, 6) is 0. The van der Waals surface area contributed by atoms with Gasteiger partial charge in [0.05, 0.1) is 4.92 Å². The minimum atomic E-state index is -0.426. The van der Waals surface area contributed by atoms with Crippen molar-refractivity contribution in [2.75, 3.05) is 0 Å². The van der Waals surface area contributed by atoms with E-state index in [2.05, 4.69) is 6.07 Å². The molecule has 0 saturated heterocycles. The van der Waals surface area contributed by atoms with Gasteiger partial charge in [0.2, 0.25) is 0 Å². The van der Waals surface area contributed by atoms with E-state index in [1.165, 1.54) is 12.1 Å². The van der Waals surface area contributed by atoms with Crippen LogP contribution < -0.4 is 0 Å². The number of nitro benzene ring substituents is 1. The number of nitro groups is 1. The molecule has 1 aromatic carbocycles. The maximum Gasteiger partial charge on any atom is 0.269 e. The first-order valence-electron chi connectivity index (χ1n) is 4.99. The highest BCUT2D eigenvalue weighted by Crippen LogP contribution is 2.15. The van der Waals surface area contributed by atoms with E-state index >= 15 is 0 Å². The lowest BCUT2D eigenvalue weighted by molar-refractivity contribution is -0.384. The Balaban J connectivity index is 2.28. The Morgan fingerprint density at radius 2 is 2.18 bits per heavy atom. The minimum Gasteiger partial charge on any atom is -0.335 e. The zero-order valence-electron chi connectivity index (χ0n) is 8.91. The van der Waals surface area contributed by atoms with Crippen molar-refractivity contribution < 1.29 is 4.92 Å². The average molecular weight is 227 g/mol. The van der Waals surface area contributed by atoms with Crippen molar-refractivity contribution in [2.24, 2.45) is 0 Å². The normalized spacial score (nSPS) is 9.82. The molecule has 0 aliphatic heterocycles. The van der Waals surface area contributed by atoms with Crippen molar-refractivity contribution in [3.8, 4) is 6.07 Å². The summed E-state index contributed by atoms with van der Waals surface area (Å²) in [5.41, 5.74) is 1.40. The van der Waals surface area contributed by atoms with Crippen molar-refractivity contribution >= 4 is 5.69 Å². The lowest BCUT2D eigenvalue weighted by Crippen LogP contribution is -2.01. The fourth-order valence-corrected chi connectivity index (χ4v) is 1.62. The second-order valence-corrected chi connectivity index (χ2v) is 3.56. The van der Waals surface area contributed by atoms with Gasteiger partial charge in [-0.1, -0.05) is 12.1 Å². The molecular weight excluding hydrogens is 218 g/mol. The van der Waals surface area contributed by atoms with Gasteiger partial charge in [-0.3, -0.25) is 10.1 Å². The first kappa shape index (κ1) is 10.9. The average Bonchev–Trinajstić information content (AvgIpc) is 2.76. The first-order chi connectivity index (χ1) is 8.20. The summed E-state index contributed by atoms with van der Waals surface area (Å²) in [7, 11) is 0. The highest BCUT2D eigenvalue weighted by molar-refractivity contribution is 5.35. The van der Waals surface area contributed by atoms with Crippen molar-refractivity contribution in [3.63, 3.8) is 0 Å². The predicted molar refractivity (Wildman–Crippen MR) is 61.3 cm³/mol. The molecule has 0 saturated carbocycles. The van der Waals surface area contributed by atoms with Gasteiger partial charge in [0.15, 0.2) is 0 Å². The number of aromatic nitrogens is 1. The molecule has 2 aromatic rings. The highest BCUT2D eigenvalue weighted by Gasteiger charge is 2.06. The molecule has 0 aliphatic rings. The van der Waals surface area contributed by atoms with E-state index < -0.39 is 4.92 Å². The maximum absolute atomic E-state index is 10.6. The third kappa shape index (κ3) is 2.32. The maximum atomic E-state index is 10.6. The van der Waals surface area contributed by atoms with Crippen LogP contribution in [0.5, 0.6) is 0 Å². The second-order valence-electron chi connectivity index (χ2n) is 3.56. The van der Waals surface area contributed by atoms with Crippen LogP contribution in [0.3, 0.4) is 0 Å². The summed E-state index contributed by atoms with van der Waals surface area (Å²) in [6, 6.07) is 11.9. The van der Waals surface area contributed by atoms with Gasteiger partial charge in [0, 0.05) is 24.9 Å². The van der Waals surface area contributed by atoms with Crippen LogP contribution in [-0.2, 0) is 6.54 Å². The Morgan fingerprint density at radius 3 is 2.88 bits per heavy atom. The summed E-state index contributed by atoms with van der Waals surface area (Å²) in [5, 5.41) is 19.5. The Hall–Kier alpha value is -2.61. The van der Waals surface area contributed by atoms with Gasteiger partial charge in [-0.25, -0.2) is 0 Å². The molecular formula is C12H9N3O2. The molecule has 84 valence electrons. The van der Waals surface area contributed by atoms with E-state index in [0.29, 0.717) is 12.2 Å². The first-order valence-corrected chi connectivity index (χ1v) is 4.99. The van der Waals surface area contributed by atoms with Crippen LogP contribution in [0.1, 0.15) is 11.3 Å². The van der Waals surface area contributed by atoms with Crippen molar-refractivity contribution in [3.05, 3.63) is 64.0 Å². The summed E-state index contributed by atoms with van der Waals surface area (Å²) in [6.07, 6.45) is 1.78. The van der Waals surface area contributed by atoms with Gasteiger partial charge in [-0.2, -0.15) is 5.26 Å². The van der Waals surface area contributed by atoms with Gasteiger partial charge in [-0.05, 0) is 17.7 Å². The van der Waals surface area contributed by atoms with Gasteiger partial charge in [-0.15, -0.1) is 0 Å². The van der Waals surface area contributed by atoms with Gasteiger partial charge in [0.1, 0.15) is 11.8 Å². The van der Waals surface area contributed by atoms with Gasteiger partial charge >= 0.3 is 0 Å². The SMILES string of the molecule is N#Cc1cccn1Cc1cccc([N+](=O)[O-])c1. The molecule has 0 N–H and O–H groups in total. The van der Waals surface area contributed by atoms with Gasteiger partial charge < -0.3 is 4.57 Å². The minimum absolute atomic E-state index is 0.0631. The van der Waals surface area contributed by atoms with E-state index in [-0.39, 0.29) is 5.69 Å². The van der Waals surface area contributed by atoms with E-state index in [9.17, 15) is 10.1 Å². The molecule has 0 atom stereocenters. The number of nitriles is 1. The molecule has 0 aliphatic carbocycles.